The van der Waals surface area contributed by atoms with E-state index in [1.165, 1.54) is 0 Å². The highest BCUT2D eigenvalue weighted by atomic mass is 15.3. The molecule has 0 aliphatic heterocycles. The molecule has 2 nitrogen and oxygen atoms in total. The molecule has 0 fully saturated rings. The lowest BCUT2D eigenvalue weighted by atomic mass is 10.5. The number of hydrogen-bond donors (Lipinski definition) is 0. The second-order valence-corrected chi connectivity index (χ2v) is 1.74. The van der Waals surface area contributed by atoms with Crippen molar-refractivity contribution in [3.63, 3.8) is 0 Å². The largest absolute Gasteiger partial charge is 0.257 e. The van der Waals surface area contributed by atoms with E-state index in [9.17, 15) is 0 Å². The summed E-state index contributed by atoms with van der Waals surface area (Å²) in [5.74, 6) is 2.49. The van der Waals surface area contributed by atoms with Crippen molar-refractivity contribution in [2.75, 3.05) is 0 Å². The van der Waals surface area contributed by atoms with Gasteiger partial charge in [-0.25, -0.2) is 0 Å². The Labute approximate surface area is 54.5 Å². The fourth-order valence-corrected chi connectivity index (χ4v) is 0.599. The Morgan fingerprint density at radius 2 is 2.78 bits per heavy atom. The van der Waals surface area contributed by atoms with Crippen LogP contribution in [0.1, 0.15) is 5.69 Å². The fourth-order valence-electron chi connectivity index (χ4n) is 0.599. The predicted octanol–water partition coefficient (Wildman–Crippen LogP) is 0.625. The average molecular weight is 119 g/mol. The molecule has 0 unspecified atom stereocenters. The molecule has 45 valence electrons. The Hall–Kier alpha value is -1.23. The Kier molecular flexibility index (Phi) is 1.55. The zero-order valence-electron chi connectivity index (χ0n) is 5.26. The van der Waals surface area contributed by atoms with Crippen molar-refractivity contribution < 1.29 is 0 Å². The summed E-state index contributed by atoms with van der Waals surface area (Å²) < 4.78 is 1.72. The Bertz CT molecular complexity index is 229. The predicted molar refractivity (Wildman–Crippen MR) is 34.6 cm³/mol. The molecule has 1 aromatic heterocycles. The van der Waals surface area contributed by atoms with E-state index in [1.807, 2.05) is 6.92 Å². The van der Waals surface area contributed by atoms with Crippen LogP contribution >= 0.6 is 0 Å². The molecule has 9 heavy (non-hydrogen) atoms. The number of nitrogens with zero attached hydrogens (tertiary/aromatic N) is 2. The first-order valence-electron chi connectivity index (χ1n) is 2.68. The monoisotopic (exact) mass is 119 g/mol. The number of aryl methyl sites for hydroxylation is 1. The van der Waals surface area contributed by atoms with Gasteiger partial charge in [-0.15, -0.1) is 6.42 Å². The number of terminal acetylenes is 1. The van der Waals surface area contributed by atoms with Crippen LogP contribution in [-0.2, 0) is 6.54 Å². The highest BCUT2D eigenvalue weighted by molar-refractivity contribution is 4.97. The maximum Gasteiger partial charge on any atom is 0.102 e. The lowest BCUT2D eigenvalue weighted by molar-refractivity contribution is 0.691. The van der Waals surface area contributed by atoms with E-state index in [0.29, 0.717) is 6.54 Å². The molecule has 0 spiro atoms. The van der Waals surface area contributed by atoms with Crippen molar-refractivity contribution in [1.29, 1.82) is 0 Å². The molecule has 0 bridgehead atoms. The van der Waals surface area contributed by atoms with Gasteiger partial charge in [0.2, 0.25) is 0 Å². The molecule has 0 aliphatic carbocycles. The van der Waals surface area contributed by atoms with Crippen LogP contribution in [0.5, 0.6) is 0 Å². The number of rotatable bonds is 1. The Morgan fingerprint density at radius 3 is 3.22 bits per heavy atom. The van der Waals surface area contributed by atoms with Crippen LogP contribution in [0.2, 0.25) is 0 Å². The van der Waals surface area contributed by atoms with Gasteiger partial charge in [0, 0.05) is 11.8 Å². The lowest BCUT2D eigenvalue weighted by Crippen LogP contribution is -1.98. The van der Waals surface area contributed by atoms with Crippen LogP contribution in [0.15, 0.2) is 6.20 Å². The number of aromatic nitrogens is 2. The van der Waals surface area contributed by atoms with Crippen LogP contribution in [0.3, 0.4) is 0 Å². The minimum Gasteiger partial charge on any atom is -0.257 e. The molecule has 0 N–H and O–H groups in total. The van der Waals surface area contributed by atoms with E-state index in [1.54, 1.807) is 10.9 Å². The standard InChI is InChI=1S/C7H7N2/c1-3-6-9-7(2)4-5-8-9/h1,5H,6H2,2H3. The van der Waals surface area contributed by atoms with Gasteiger partial charge in [-0.3, -0.25) is 4.68 Å². The summed E-state index contributed by atoms with van der Waals surface area (Å²) >= 11 is 0. The van der Waals surface area contributed by atoms with E-state index in [-0.39, 0.29) is 0 Å². The van der Waals surface area contributed by atoms with Crippen LogP contribution < -0.4 is 0 Å². The van der Waals surface area contributed by atoms with E-state index >= 15 is 0 Å². The minimum absolute atomic E-state index is 0.537. The molecule has 0 saturated carbocycles. The van der Waals surface area contributed by atoms with Crippen molar-refractivity contribution in [2.45, 2.75) is 13.5 Å². The summed E-state index contributed by atoms with van der Waals surface area (Å²) in [7, 11) is 0. The van der Waals surface area contributed by atoms with Gasteiger partial charge in [0.05, 0.1) is 6.20 Å². The zero-order valence-corrected chi connectivity index (χ0v) is 5.26. The van der Waals surface area contributed by atoms with Gasteiger partial charge in [-0.1, -0.05) is 5.92 Å². The first-order valence-corrected chi connectivity index (χ1v) is 2.68. The molecule has 0 aliphatic rings. The first-order chi connectivity index (χ1) is 4.34. The molecular weight excluding hydrogens is 112 g/mol. The molecular formula is C7H7N2. The third-order valence-electron chi connectivity index (χ3n) is 1.10. The number of hydrogen-bond acceptors (Lipinski definition) is 1. The second kappa shape index (κ2) is 2.36. The van der Waals surface area contributed by atoms with Gasteiger partial charge < -0.3 is 0 Å². The molecule has 1 rings (SSSR count). The second-order valence-electron chi connectivity index (χ2n) is 1.74. The fraction of sp³-hybridized carbons (Fsp3) is 0.286. The smallest absolute Gasteiger partial charge is 0.102 e. The van der Waals surface area contributed by atoms with E-state index in [4.69, 9.17) is 6.42 Å². The van der Waals surface area contributed by atoms with E-state index in [0.717, 1.165) is 5.69 Å². The van der Waals surface area contributed by atoms with E-state index in [2.05, 4.69) is 17.1 Å². The topological polar surface area (TPSA) is 17.8 Å². The molecule has 0 amide bonds. The summed E-state index contributed by atoms with van der Waals surface area (Å²) in [4.78, 5) is 0. The summed E-state index contributed by atoms with van der Waals surface area (Å²) in [6, 6.07) is 2.91. The van der Waals surface area contributed by atoms with Crippen molar-refractivity contribution in [2.24, 2.45) is 0 Å². The summed E-state index contributed by atoms with van der Waals surface area (Å²) in [5.41, 5.74) is 0.980. The molecule has 2 heteroatoms. The van der Waals surface area contributed by atoms with E-state index < -0.39 is 0 Å². The summed E-state index contributed by atoms with van der Waals surface area (Å²) in [6.45, 7) is 2.46. The SMILES string of the molecule is C#CCn1nc[c]c1C. The van der Waals surface area contributed by atoms with Crippen LogP contribution in [0.25, 0.3) is 0 Å². The molecule has 1 radical (unpaired) electrons. The quantitative estimate of drug-likeness (QED) is 0.496. The third kappa shape index (κ3) is 1.11. The highest BCUT2D eigenvalue weighted by Crippen LogP contribution is 1.92. The van der Waals surface area contributed by atoms with Crippen molar-refractivity contribution in [3.05, 3.63) is 18.0 Å². The maximum absolute atomic E-state index is 5.06. The third-order valence-corrected chi connectivity index (χ3v) is 1.10. The Morgan fingerprint density at radius 1 is 2.00 bits per heavy atom. The van der Waals surface area contributed by atoms with Gasteiger partial charge >= 0.3 is 0 Å². The highest BCUT2D eigenvalue weighted by Gasteiger charge is 1.91. The lowest BCUT2D eigenvalue weighted by Gasteiger charge is -1.94. The van der Waals surface area contributed by atoms with Crippen molar-refractivity contribution >= 4 is 0 Å². The van der Waals surface area contributed by atoms with Crippen molar-refractivity contribution in [1.82, 2.24) is 9.78 Å². The van der Waals surface area contributed by atoms with Gasteiger partial charge in [0.15, 0.2) is 0 Å². The summed E-state index contributed by atoms with van der Waals surface area (Å²) in [6.07, 6.45) is 6.68. The van der Waals surface area contributed by atoms with Crippen molar-refractivity contribution in [3.8, 4) is 12.3 Å². The van der Waals surface area contributed by atoms with Gasteiger partial charge in [0.1, 0.15) is 6.54 Å². The molecule has 0 aromatic carbocycles. The van der Waals surface area contributed by atoms with Crippen LogP contribution in [0.4, 0.5) is 0 Å². The average Bonchev–Trinajstić information content (AvgIpc) is 2.18. The minimum atomic E-state index is 0.537. The first kappa shape index (κ1) is 5.90. The maximum atomic E-state index is 5.06. The molecule has 1 heterocycles. The molecule has 0 atom stereocenters. The van der Waals surface area contributed by atoms with Gasteiger partial charge in [0.25, 0.3) is 0 Å². The van der Waals surface area contributed by atoms with Crippen LogP contribution in [-0.4, -0.2) is 9.78 Å². The zero-order chi connectivity index (χ0) is 6.69. The molecule has 0 saturated heterocycles. The van der Waals surface area contributed by atoms with Gasteiger partial charge in [-0.2, -0.15) is 5.10 Å². The summed E-state index contributed by atoms with van der Waals surface area (Å²) in [5, 5.41) is 3.92. The van der Waals surface area contributed by atoms with Crippen LogP contribution in [0, 0.1) is 25.3 Å². The Balaban J connectivity index is 2.84. The van der Waals surface area contributed by atoms with Gasteiger partial charge in [-0.05, 0) is 6.92 Å². The normalized spacial score (nSPS) is 8.89. The molecule has 1 aromatic rings.